The minimum absolute atomic E-state index is 0.0373. The summed E-state index contributed by atoms with van der Waals surface area (Å²) in [4.78, 5) is 0. The van der Waals surface area contributed by atoms with Crippen molar-refractivity contribution in [2.45, 2.75) is 19.9 Å². The standard InChI is InChI=1S/C4H23N3Si5/c1-4(2)5(3)11-7(10)12-6(8)9/h4H,11-12H2,1-3,8-10H3. The molecule has 0 aliphatic rings. The van der Waals surface area contributed by atoms with E-state index in [0.717, 1.165) is 6.04 Å². The number of hydrogen-bond donors (Lipinski definition) is 0. The third-order valence-corrected chi connectivity index (χ3v) is 9.17. The lowest BCUT2D eigenvalue weighted by Crippen LogP contribution is -2.47. The summed E-state index contributed by atoms with van der Waals surface area (Å²) >= 11 is 0. The van der Waals surface area contributed by atoms with Gasteiger partial charge in [-0.05, 0) is 13.1 Å². The average molecular weight is 254 g/mol. The highest BCUT2D eigenvalue weighted by atomic mass is 28.4. The third-order valence-electron chi connectivity index (χ3n) is 1.87. The molecule has 3 nitrogen and oxygen atoms in total. The summed E-state index contributed by atoms with van der Waals surface area (Å²) in [5, 5.41) is 0. The van der Waals surface area contributed by atoms with Crippen LogP contribution < -0.4 is 0 Å². The van der Waals surface area contributed by atoms with Crippen molar-refractivity contribution in [2.75, 3.05) is 7.05 Å². The Hall–Kier alpha value is 0.964. The van der Waals surface area contributed by atoms with E-state index >= 15 is 0 Å². The van der Waals surface area contributed by atoms with Crippen molar-refractivity contribution in [1.29, 1.82) is 0 Å². The molecule has 0 aromatic carbocycles. The van der Waals surface area contributed by atoms with E-state index in [2.05, 4.69) is 33.3 Å². The van der Waals surface area contributed by atoms with Crippen molar-refractivity contribution in [1.82, 2.24) is 12.4 Å². The number of rotatable bonds is 5. The molecule has 0 fully saturated rings. The summed E-state index contributed by atoms with van der Waals surface area (Å²) in [6, 6.07) is 0.749. The van der Waals surface area contributed by atoms with E-state index < -0.39 is 0 Å². The van der Waals surface area contributed by atoms with Crippen LogP contribution in [-0.2, 0) is 0 Å². The zero-order valence-electron chi connectivity index (χ0n) is 9.33. The van der Waals surface area contributed by atoms with Crippen LogP contribution in [0, 0.1) is 0 Å². The zero-order chi connectivity index (χ0) is 9.72. The highest BCUT2D eigenvalue weighted by Crippen LogP contribution is 1.91. The number of hydrogen-bond acceptors (Lipinski definition) is 3. The van der Waals surface area contributed by atoms with Gasteiger partial charge in [-0.3, -0.25) is 0 Å². The monoisotopic (exact) mass is 253 g/mol. The molecule has 12 heavy (non-hydrogen) atoms. The third kappa shape index (κ3) is 6.48. The predicted molar refractivity (Wildman–Crippen MR) is 73.5 cm³/mol. The Balaban J connectivity index is 3.61. The summed E-state index contributed by atoms with van der Waals surface area (Å²) in [6.45, 7) is 4.59. The minimum atomic E-state index is -0.0373. The first-order valence-corrected chi connectivity index (χ1v) is 9.68. The van der Waals surface area contributed by atoms with Gasteiger partial charge in [-0.15, -0.1) is 0 Å². The first-order valence-electron chi connectivity index (χ1n) is 4.47. The molecular weight excluding hydrogens is 230 g/mol. The van der Waals surface area contributed by atoms with Gasteiger partial charge in [-0.1, -0.05) is 13.8 Å². The summed E-state index contributed by atoms with van der Waals surface area (Å²) in [5.74, 6) is 0. The van der Waals surface area contributed by atoms with Crippen LogP contribution in [0.3, 0.4) is 0 Å². The quantitative estimate of drug-likeness (QED) is 0.454. The Labute approximate surface area is 90.3 Å². The van der Waals surface area contributed by atoms with E-state index in [0.29, 0.717) is 0 Å². The van der Waals surface area contributed by atoms with Crippen LogP contribution in [0.15, 0.2) is 0 Å². The second-order valence-corrected chi connectivity index (χ2v) is 21.1. The van der Waals surface area contributed by atoms with E-state index in [1.807, 2.05) is 0 Å². The molecule has 0 atom stereocenters. The fourth-order valence-corrected chi connectivity index (χ4v) is 17.4. The van der Waals surface area contributed by atoms with Crippen LogP contribution in [0.25, 0.3) is 0 Å². The largest absolute Gasteiger partial charge is 0.377 e. The Morgan fingerprint density at radius 2 is 1.58 bits per heavy atom. The van der Waals surface area contributed by atoms with Crippen molar-refractivity contribution in [3.05, 3.63) is 0 Å². The Bertz CT molecular complexity index is 121. The fraction of sp³-hybridized carbons (Fsp3) is 1.00. The van der Waals surface area contributed by atoms with E-state index in [1.165, 1.54) is 31.2 Å². The lowest BCUT2D eigenvalue weighted by Gasteiger charge is -2.29. The topological polar surface area (TPSA) is 9.72 Å². The Kier molecular flexibility index (Phi) is 6.94. The molecule has 8 heteroatoms. The van der Waals surface area contributed by atoms with Gasteiger partial charge in [0.25, 0.3) is 0 Å². The van der Waals surface area contributed by atoms with E-state index in [4.69, 9.17) is 0 Å². The van der Waals surface area contributed by atoms with Crippen molar-refractivity contribution >= 4 is 50.9 Å². The molecule has 0 saturated heterocycles. The molecule has 0 aliphatic carbocycles. The SMILES string of the molecule is CC(C)N(C)[SiH2]N([SiH3])[SiH2]N([SiH3])[SiH3]. The molecule has 0 rings (SSSR count). The van der Waals surface area contributed by atoms with Crippen LogP contribution >= 0.6 is 0 Å². The summed E-state index contributed by atoms with van der Waals surface area (Å²) < 4.78 is 8.00. The normalized spacial score (nSPS) is 15.2. The molecule has 0 spiro atoms. The van der Waals surface area contributed by atoms with Gasteiger partial charge in [0.1, 0.15) is 9.84 Å². The van der Waals surface area contributed by atoms with Gasteiger partial charge in [0.15, 0.2) is 9.84 Å². The second kappa shape index (κ2) is 6.42. The van der Waals surface area contributed by atoms with E-state index in [-0.39, 0.29) is 19.7 Å². The molecule has 0 N–H and O–H groups in total. The molecular formula is C4H23N3Si5. The molecule has 0 aliphatic heterocycles. The first kappa shape index (κ1) is 13.0. The van der Waals surface area contributed by atoms with Gasteiger partial charge < -0.3 is 12.4 Å². The summed E-state index contributed by atoms with van der Waals surface area (Å²) in [5.41, 5.74) is 0. The summed E-state index contributed by atoms with van der Waals surface area (Å²) in [7, 11) is 6.22. The average Bonchev–Trinajstić information content (AvgIpc) is 1.84. The molecule has 0 amide bonds. The molecule has 74 valence electrons. The van der Waals surface area contributed by atoms with Crippen LogP contribution in [-0.4, -0.2) is 76.3 Å². The molecule has 0 heterocycles. The van der Waals surface area contributed by atoms with Crippen LogP contribution in [0.2, 0.25) is 0 Å². The van der Waals surface area contributed by atoms with E-state index in [9.17, 15) is 0 Å². The Morgan fingerprint density at radius 1 is 1.08 bits per heavy atom. The summed E-state index contributed by atoms with van der Waals surface area (Å²) in [6.07, 6.45) is 0. The maximum Gasteiger partial charge on any atom is 0.159 e. The highest BCUT2D eigenvalue weighted by Gasteiger charge is 2.07. The molecule has 0 aromatic rings. The van der Waals surface area contributed by atoms with Gasteiger partial charge >= 0.3 is 0 Å². The predicted octanol–water partition coefficient (Wildman–Crippen LogP) is -5.23. The molecule has 0 unspecified atom stereocenters. The maximum absolute atomic E-state index is 2.78. The zero-order valence-corrected chi connectivity index (χ0v) is 18.2. The van der Waals surface area contributed by atoms with Crippen LogP contribution in [0.1, 0.15) is 13.8 Å². The first-order chi connectivity index (χ1) is 5.43. The van der Waals surface area contributed by atoms with Gasteiger partial charge in [-0.2, -0.15) is 0 Å². The van der Waals surface area contributed by atoms with Crippen molar-refractivity contribution in [3.63, 3.8) is 0 Å². The fourth-order valence-electron chi connectivity index (χ4n) is 1.07. The minimum Gasteiger partial charge on any atom is -0.377 e. The van der Waals surface area contributed by atoms with Crippen LogP contribution in [0.5, 0.6) is 0 Å². The Morgan fingerprint density at radius 3 is 1.92 bits per heavy atom. The van der Waals surface area contributed by atoms with Gasteiger partial charge in [0.2, 0.25) is 0 Å². The molecule has 0 radical (unpaired) electrons. The molecule has 0 aromatic heterocycles. The molecule has 0 bridgehead atoms. The lowest BCUT2D eigenvalue weighted by molar-refractivity contribution is 0.430. The van der Waals surface area contributed by atoms with Gasteiger partial charge in [0.05, 0.1) is 31.2 Å². The maximum atomic E-state index is 2.78. The highest BCUT2D eigenvalue weighted by molar-refractivity contribution is 6.64. The van der Waals surface area contributed by atoms with E-state index in [1.54, 1.807) is 0 Å². The van der Waals surface area contributed by atoms with Crippen molar-refractivity contribution < 1.29 is 0 Å². The van der Waals surface area contributed by atoms with Gasteiger partial charge in [0, 0.05) is 0 Å². The van der Waals surface area contributed by atoms with Crippen LogP contribution in [0.4, 0.5) is 0 Å². The molecule has 0 saturated carbocycles. The number of nitrogens with zero attached hydrogens (tertiary/aromatic N) is 3. The van der Waals surface area contributed by atoms with Crippen molar-refractivity contribution in [3.8, 4) is 0 Å². The lowest BCUT2D eigenvalue weighted by atomic mass is 10.4. The van der Waals surface area contributed by atoms with Gasteiger partial charge in [-0.25, -0.2) is 0 Å². The second-order valence-electron chi connectivity index (χ2n) is 4.07. The smallest absolute Gasteiger partial charge is 0.159 e. The van der Waals surface area contributed by atoms with Crippen molar-refractivity contribution in [2.24, 2.45) is 0 Å².